The highest BCUT2D eigenvalue weighted by Crippen LogP contribution is 2.38. The first-order chi connectivity index (χ1) is 8.35. The molecule has 0 saturated carbocycles. The SMILES string of the molecule is O=CC1Nc2ccccc2SC1CCCCO. The summed E-state index contributed by atoms with van der Waals surface area (Å²) in [5, 5.41) is 12.3. The number of fused-ring (bicyclic) bond motifs is 1. The first-order valence-corrected chi connectivity index (χ1v) is 6.81. The third-order valence-electron chi connectivity index (χ3n) is 2.93. The first-order valence-electron chi connectivity index (χ1n) is 5.93. The standard InChI is InChI=1S/C13H17NO2S/c15-8-4-3-7-13-11(9-16)14-10-5-1-2-6-12(10)17-13/h1-2,5-6,9,11,13-15H,3-4,7-8H2. The van der Waals surface area contributed by atoms with Crippen LogP contribution in [0.5, 0.6) is 0 Å². The third-order valence-corrected chi connectivity index (χ3v) is 4.37. The largest absolute Gasteiger partial charge is 0.396 e. The van der Waals surface area contributed by atoms with Crippen molar-refractivity contribution in [1.82, 2.24) is 0 Å². The zero-order valence-electron chi connectivity index (χ0n) is 9.63. The van der Waals surface area contributed by atoms with E-state index in [-0.39, 0.29) is 17.9 Å². The molecule has 4 heteroatoms. The molecule has 92 valence electrons. The highest BCUT2D eigenvalue weighted by molar-refractivity contribution is 8.00. The molecule has 1 aromatic rings. The topological polar surface area (TPSA) is 49.3 Å². The number of para-hydroxylation sites is 1. The Morgan fingerprint density at radius 2 is 2.18 bits per heavy atom. The Kier molecular flexibility index (Phi) is 4.45. The molecule has 1 heterocycles. The number of aliphatic hydroxyl groups is 1. The second kappa shape index (κ2) is 6.07. The summed E-state index contributed by atoms with van der Waals surface area (Å²) in [6.07, 6.45) is 3.72. The molecule has 0 radical (unpaired) electrons. The molecule has 2 atom stereocenters. The van der Waals surface area contributed by atoms with Crippen LogP contribution in [0.25, 0.3) is 0 Å². The molecule has 0 bridgehead atoms. The fourth-order valence-electron chi connectivity index (χ4n) is 2.02. The van der Waals surface area contributed by atoms with Crippen LogP contribution in [0.4, 0.5) is 5.69 Å². The molecule has 2 N–H and O–H groups in total. The van der Waals surface area contributed by atoms with E-state index < -0.39 is 0 Å². The van der Waals surface area contributed by atoms with Gasteiger partial charge in [-0.3, -0.25) is 0 Å². The van der Waals surface area contributed by atoms with Gasteiger partial charge in [0.15, 0.2) is 0 Å². The van der Waals surface area contributed by atoms with E-state index >= 15 is 0 Å². The molecule has 1 aliphatic rings. The summed E-state index contributed by atoms with van der Waals surface area (Å²) < 4.78 is 0. The van der Waals surface area contributed by atoms with Gasteiger partial charge < -0.3 is 15.2 Å². The van der Waals surface area contributed by atoms with Crippen molar-refractivity contribution in [2.45, 2.75) is 35.4 Å². The average molecular weight is 251 g/mol. The normalized spacial score (nSPS) is 22.6. The van der Waals surface area contributed by atoms with Crippen LogP contribution in [0, 0.1) is 0 Å². The lowest BCUT2D eigenvalue weighted by molar-refractivity contribution is -0.108. The number of hydrogen-bond acceptors (Lipinski definition) is 4. The van der Waals surface area contributed by atoms with Gasteiger partial charge in [-0.1, -0.05) is 12.1 Å². The van der Waals surface area contributed by atoms with Crippen LogP contribution in [-0.4, -0.2) is 29.3 Å². The van der Waals surface area contributed by atoms with Gasteiger partial charge in [0.1, 0.15) is 6.29 Å². The summed E-state index contributed by atoms with van der Waals surface area (Å²) in [5.74, 6) is 0. The number of nitrogens with one attached hydrogen (secondary N) is 1. The molecule has 2 unspecified atom stereocenters. The first kappa shape index (κ1) is 12.5. The van der Waals surface area contributed by atoms with E-state index in [0.29, 0.717) is 0 Å². The third kappa shape index (κ3) is 3.01. The molecule has 0 amide bonds. The number of rotatable bonds is 5. The summed E-state index contributed by atoms with van der Waals surface area (Å²) in [7, 11) is 0. The quantitative estimate of drug-likeness (QED) is 0.623. The molecular formula is C13H17NO2S. The van der Waals surface area contributed by atoms with E-state index in [1.54, 1.807) is 11.8 Å². The minimum absolute atomic E-state index is 0.117. The number of benzene rings is 1. The fourth-order valence-corrected chi connectivity index (χ4v) is 3.32. The number of hydrogen-bond donors (Lipinski definition) is 2. The van der Waals surface area contributed by atoms with Crippen LogP contribution >= 0.6 is 11.8 Å². The van der Waals surface area contributed by atoms with Crippen molar-refractivity contribution < 1.29 is 9.90 Å². The Morgan fingerprint density at radius 1 is 1.35 bits per heavy atom. The number of anilines is 1. The summed E-state index contributed by atoms with van der Waals surface area (Å²) in [4.78, 5) is 12.3. The predicted molar refractivity (Wildman–Crippen MR) is 70.5 cm³/mol. The second-order valence-corrected chi connectivity index (χ2v) is 5.46. The van der Waals surface area contributed by atoms with E-state index in [1.165, 1.54) is 4.90 Å². The lowest BCUT2D eigenvalue weighted by Crippen LogP contribution is -2.35. The van der Waals surface area contributed by atoms with Gasteiger partial charge in [0.25, 0.3) is 0 Å². The number of aliphatic hydroxyl groups excluding tert-OH is 1. The Hall–Kier alpha value is -1.00. The Labute approximate surface area is 106 Å². The maximum atomic E-state index is 11.1. The van der Waals surface area contributed by atoms with E-state index in [4.69, 9.17) is 5.11 Å². The molecule has 17 heavy (non-hydrogen) atoms. The van der Waals surface area contributed by atoms with Crippen LogP contribution in [-0.2, 0) is 4.79 Å². The number of unbranched alkanes of at least 4 members (excludes halogenated alkanes) is 1. The minimum atomic E-state index is -0.117. The van der Waals surface area contributed by atoms with Crippen LogP contribution in [0.3, 0.4) is 0 Å². The van der Waals surface area contributed by atoms with E-state index in [9.17, 15) is 4.79 Å². The van der Waals surface area contributed by atoms with Gasteiger partial charge in [-0.2, -0.15) is 0 Å². The zero-order valence-corrected chi connectivity index (χ0v) is 10.5. The molecule has 0 saturated heterocycles. The Morgan fingerprint density at radius 3 is 2.94 bits per heavy atom. The van der Waals surface area contributed by atoms with Gasteiger partial charge >= 0.3 is 0 Å². The van der Waals surface area contributed by atoms with Crippen molar-refractivity contribution in [1.29, 1.82) is 0 Å². The highest BCUT2D eigenvalue weighted by atomic mass is 32.2. The van der Waals surface area contributed by atoms with Crippen molar-refractivity contribution in [3.8, 4) is 0 Å². The molecular weight excluding hydrogens is 234 g/mol. The number of aldehydes is 1. The second-order valence-electron chi connectivity index (χ2n) is 4.18. The average Bonchev–Trinajstić information content (AvgIpc) is 2.38. The number of thioether (sulfide) groups is 1. The summed E-state index contributed by atoms with van der Waals surface area (Å²) in [6.45, 7) is 0.229. The molecule has 3 nitrogen and oxygen atoms in total. The summed E-state index contributed by atoms with van der Waals surface area (Å²) >= 11 is 1.76. The molecule has 0 aromatic heterocycles. The molecule has 1 aliphatic heterocycles. The predicted octanol–water partition coefficient (Wildman–Crippen LogP) is 2.30. The van der Waals surface area contributed by atoms with E-state index in [1.807, 2.05) is 18.2 Å². The van der Waals surface area contributed by atoms with Crippen molar-refractivity contribution in [3.05, 3.63) is 24.3 Å². The lowest BCUT2D eigenvalue weighted by atomic mass is 10.1. The summed E-state index contributed by atoms with van der Waals surface area (Å²) in [5.41, 5.74) is 1.05. The smallest absolute Gasteiger partial charge is 0.143 e. The maximum Gasteiger partial charge on any atom is 0.143 e. The van der Waals surface area contributed by atoms with Gasteiger partial charge in [-0.05, 0) is 31.4 Å². The van der Waals surface area contributed by atoms with Gasteiger partial charge in [0, 0.05) is 22.4 Å². The molecule has 1 aromatic carbocycles. The van der Waals surface area contributed by atoms with Crippen LogP contribution in [0.2, 0.25) is 0 Å². The van der Waals surface area contributed by atoms with Crippen molar-refractivity contribution in [2.75, 3.05) is 11.9 Å². The van der Waals surface area contributed by atoms with E-state index in [2.05, 4.69) is 11.4 Å². The highest BCUT2D eigenvalue weighted by Gasteiger charge is 2.27. The maximum absolute atomic E-state index is 11.1. The van der Waals surface area contributed by atoms with Gasteiger partial charge in [-0.25, -0.2) is 0 Å². The molecule has 0 fully saturated rings. The van der Waals surface area contributed by atoms with Crippen molar-refractivity contribution in [3.63, 3.8) is 0 Å². The van der Waals surface area contributed by atoms with Crippen molar-refractivity contribution >= 4 is 23.7 Å². The molecule has 2 rings (SSSR count). The van der Waals surface area contributed by atoms with E-state index in [0.717, 1.165) is 31.2 Å². The number of carbonyl (C=O) groups is 1. The van der Waals surface area contributed by atoms with Gasteiger partial charge in [0.05, 0.1) is 6.04 Å². The fraction of sp³-hybridized carbons (Fsp3) is 0.462. The van der Waals surface area contributed by atoms with Crippen LogP contribution in [0.1, 0.15) is 19.3 Å². The molecule has 0 aliphatic carbocycles. The van der Waals surface area contributed by atoms with Gasteiger partial charge in [-0.15, -0.1) is 11.8 Å². The number of carbonyl (C=O) groups excluding carboxylic acids is 1. The summed E-state index contributed by atoms with van der Waals surface area (Å²) in [6, 6.07) is 7.95. The Bertz CT molecular complexity index is 383. The molecule has 0 spiro atoms. The van der Waals surface area contributed by atoms with Gasteiger partial charge in [0.2, 0.25) is 0 Å². The van der Waals surface area contributed by atoms with Crippen LogP contribution in [0.15, 0.2) is 29.2 Å². The van der Waals surface area contributed by atoms with Crippen molar-refractivity contribution in [2.24, 2.45) is 0 Å². The lowest BCUT2D eigenvalue weighted by Gasteiger charge is -2.30. The Balaban J connectivity index is 2.04. The van der Waals surface area contributed by atoms with Crippen LogP contribution < -0.4 is 5.32 Å². The monoisotopic (exact) mass is 251 g/mol. The minimum Gasteiger partial charge on any atom is -0.396 e. The zero-order chi connectivity index (χ0) is 12.1.